The molecular weight excluding hydrogens is 384 g/mol. The lowest BCUT2D eigenvalue weighted by atomic mass is 9.59. The van der Waals surface area contributed by atoms with Gasteiger partial charge in [-0.3, -0.25) is 4.98 Å². The summed E-state index contributed by atoms with van der Waals surface area (Å²) in [7, 11) is 0. The van der Waals surface area contributed by atoms with E-state index in [0.29, 0.717) is 0 Å². The summed E-state index contributed by atoms with van der Waals surface area (Å²) >= 11 is 0. The number of rotatable bonds is 2. The van der Waals surface area contributed by atoms with Crippen LogP contribution in [0.5, 0.6) is 0 Å². The van der Waals surface area contributed by atoms with Gasteiger partial charge in [0.25, 0.3) is 0 Å². The number of carbonyl (C=O) groups excluding carboxylic acids is 1. The number of fused-ring (bicyclic) bond motifs is 3. The maximum Gasteiger partial charge on any atom is 0.226 e. The molecule has 0 spiro atoms. The van der Waals surface area contributed by atoms with E-state index in [0.717, 1.165) is 41.2 Å². The Labute approximate surface area is 182 Å². The van der Waals surface area contributed by atoms with Gasteiger partial charge in [-0.1, -0.05) is 38.1 Å². The molecule has 0 saturated heterocycles. The van der Waals surface area contributed by atoms with Crippen LogP contribution in [0.15, 0.2) is 60.6 Å². The lowest BCUT2D eigenvalue weighted by Gasteiger charge is -2.44. The Bertz CT molecular complexity index is 1260. The van der Waals surface area contributed by atoms with Crippen LogP contribution in [0.1, 0.15) is 37.5 Å². The molecule has 0 aliphatic heterocycles. The fourth-order valence-electron chi connectivity index (χ4n) is 5.51. The molecule has 2 aliphatic carbocycles. The summed E-state index contributed by atoms with van der Waals surface area (Å²) in [5.74, 6) is 0.910. The summed E-state index contributed by atoms with van der Waals surface area (Å²) in [4.78, 5) is 25.4. The van der Waals surface area contributed by atoms with Gasteiger partial charge in [0.2, 0.25) is 5.70 Å². The minimum absolute atomic E-state index is 0.0266. The van der Waals surface area contributed by atoms with Gasteiger partial charge >= 0.3 is 0 Å². The van der Waals surface area contributed by atoms with Crippen LogP contribution < -0.4 is 0 Å². The second kappa shape index (κ2) is 7.02. The number of hydrogen-bond acceptors (Lipinski definition) is 3. The molecular formula is C26H24N4O. The molecule has 2 aliphatic rings. The molecule has 5 nitrogen and oxygen atoms in total. The highest BCUT2D eigenvalue weighted by atomic mass is 16.1. The summed E-state index contributed by atoms with van der Waals surface area (Å²) in [5, 5.41) is 0. The quantitative estimate of drug-likeness (QED) is 0.555. The van der Waals surface area contributed by atoms with E-state index >= 15 is 0 Å². The molecule has 0 radical (unpaired) electrons. The standard InChI is InChI=1S/C26H24N4O/c1-16-21-10-11-23-25(26(21,3)14-22(27-4)24(16)31)29-17(2)30(23)20-9-5-7-18(13-20)19-8-6-12-28-15-19/h5-9,12-16,21H,10-11H2,1-3H3/t16-,21-,26-/m0/s1. The highest BCUT2D eigenvalue weighted by Gasteiger charge is 2.49. The predicted molar refractivity (Wildman–Crippen MR) is 120 cm³/mol. The van der Waals surface area contributed by atoms with E-state index in [2.05, 4.69) is 51.7 Å². The molecule has 0 unspecified atom stereocenters. The molecule has 3 aromatic rings. The summed E-state index contributed by atoms with van der Waals surface area (Å²) in [6.07, 6.45) is 7.31. The van der Waals surface area contributed by atoms with Crippen LogP contribution in [-0.4, -0.2) is 20.3 Å². The SMILES string of the molecule is [C-]#[N+]C1=C[C@]2(C)c3nc(C)n(-c4cccc(-c5cccnc5)c4)c3CC[C@H]2[C@H](C)C1=O. The van der Waals surface area contributed by atoms with Crippen LogP contribution >= 0.6 is 0 Å². The monoisotopic (exact) mass is 408 g/mol. The number of nitrogens with zero attached hydrogens (tertiary/aromatic N) is 4. The van der Waals surface area contributed by atoms with Crippen molar-refractivity contribution < 1.29 is 4.79 Å². The summed E-state index contributed by atoms with van der Waals surface area (Å²) in [6.45, 7) is 13.6. The Morgan fingerprint density at radius 3 is 2.77 bits per heavy atom. The van der Waals surface area contributed by atoms with Crippen molar-refractivity contribution in [3.63, 3.8) is 0 Å². The number of allylic oxidation sites excluding steroid dienone is 2. The zero-order valence-electron chi connectivity index (χ0n) is 18.0. The molecule has 3 atom stereocenters. The van der Waals surface area contributed by atoms with E-state index in [9.17, 15) is 4.79 Å². The van der Waals surface area contributed by atoms with Gasteiger partial charge in [0.15, 0.2) is 5.78 Å². The molecule has 2 heterocycles. The summed E-state index contributed by atoms with van der Waals surface area (Å²) < 4.78 is 2.24. The number of benzene rings is 1. The van der Waals surface area contributed by atoms with Gasteiger partial charge in [-0.2, -0.15) is 0 Å². The number of carbonyl (C=O) groups is 1. The zero-order chi connectivity index (χ0) is 21.8. The number of hydrogen-bond donors (Lipinski definition) is 0. The molecule has 154 valence electrons. The molecule has 0 N–H and O–H groups in total. The molecule has 31 heavy (non-hydrogen) atoms. The fraction of sp³-hybridized carbons (Fsp3) is 0.308. The first kappa shape index (κ1) is 19.4. The second-order valence-electron chi connectivity index (χ2n) is 8.80. The lowest BCUT2D eigenvalue weighted by molar-refractivity contribution is -0.121. The highest BCUT2D eigenvalue weighted by Crippen LogP contribution is 2.50. The van der Waals surface area contributed by atoms with Crippen molar-refractivity contribution in [2.45, 2.75) is 39.0 Å². The predicted octanol–water partition coefficient (Wildman–Crippen LogP) is 5.08. The first-order chi connectivity index (χ1) is 14.9. The minimum atomic E-state index is -0.405. The maximum atomic E-state index is 12.6. The van der Waals surface area contributed by atoms with Crippen LogP contribution in [0.2, 0.25) is 0 Å². The van der Waals surface area contributed by atoms with Crippen molar-refractivity contribution in [3.8, 4) is 16.8 Å². The lowest BCUT2D eigenvalue weighted by Crippen LogP contribution is -2.45. The third kappa shape index (κ3) is 2.86. The van der Waals surface area contributed by atoms with E-state index in [1.807, 2.05) is 32.2 Å². The van der Waals surface area contributed by atoms with E-state index in [4.69, 9.17) is 11.6 Å². The highest BCUT2D eigenvalue weighted by molar-refractivity contribution is 6.00. The minimum Gasteiger partial charge on any atom is -0.308 e. The largest absolute Gasteiger partial charge is 0.308 e. The van der Waals surface area contributed by atoms with Gasteiger partial charge in [-0.05, 0) is 49.4 Å². The molecule has 5 heteroatoms. The Kier molecular flexibility index (Phi) is 4.40. The number of ketones is 1. The van der Waals surface area contributed by atoms with Gasteiger partial charge in [-0.25, -0.2) is 9.83 Å². The van der Waals surface area contributed by atoms with Crippen LogP contribution in [-0.2, 0) is 16.6 Å². The van der Waals surface area contributed by atoms with E-state index in [-0.39, 0.29) is 23.3 Å². The van der Waals surface area contributed by atoms with Gasteiger partial charge in [0.05, 0.1) is 12.3 Å². The normalized spacial score (nSPS) is 24.7. The van der Waals surface area contributed by atoms with Gasteiger partial charge in [-0.15, -0.1) is 0 Å². The van der Waals surface area contributed by atoms with Crippen LogP contribution in [0.4, 0.5) is 0 Å². The topological polar surface area (TPSA) is 52.1 Å². The first-order valence-corrected chi connectivity index (χ1v) is 10.7. The van der Waals surface area contributed by atoms with Crippen molar-refractivity contribution >= 4 is 5.78 Å². The smallest absolute Gasteiger partial charge is 0.226 e. The number of imidazole rings is 1. The third-order valence-corrected chi connectivity index (χ3v) is 7.04. The Balaban J connectivity index is 1.66. The number of Topliss-reactive ketones (excluding diaryl/α,β-unsaturated/α-hetero) is 1. The second-order valence-corrected chi connectivity index (χ2v) is 8.80. The van der Waals surface area contributed by atoms with Crippen LogP contribution in [0, 0.1) is 25.3 Å². The zero-order valence-corrected chi connectivity index (χ0v) is 18.0. The maximum absolute atomic E-state index is 12.6. The molecule has 0 bridgehead atoms. The van der Waals surface area contributed by atoms with Gasteiger partial charge in [0.1, 0.15) is 5.82 Å². The van der Waals surface area contributed by atoms with E-state index in [1.165, 1.54) is 5.69 Å². The molecule has 1 aromatic carbocycles. The van der Waals surface area contributed by atoms with Crippen LogP contribution in [0.25, 0.3) is 21.7 Å². The van der Waals surface area contributed by atoms with E-state index < -0.39 is 5.41 Å². The molecule has 5 rings (SSSR count). The Hall–Kier alpha value is -3.52. The molecule has 0 amide bonds. The van der Waals surface area contributed by atoms with Crippen LogP contribution in [0.3, 0.4) is 0 Å². The van der Waals surface area contributed by atoms with E-state index in [1.54, 1.807) is 6.20 Å². The summed E-state index contributed by atoms with van der Waals surface area (Å²) in [5.41, 5.74) is 5.30. The van der Waals surface area contributed by atoms with Gasteiger partial charge < -0.3 is 9.36 Å². The van der Waals surface area contributed by atoms with Crippen molar-refractivity contribution in [1.82, 2.24) is 14.5 Å². The molecule has 0 fully saturated rings. The van der Waals surface area contributed by atoms with Gasteiger partial charge in [0, 0.05) is 40.7 Å². The number of aromatic nitrogens is 3. The number of aryl methyl sites for hydroxylation is 1. The van der Waals surface area contributed by atoms with Crippen molar-refractivity contribution in [3.05, 3.63) is 89.2 Å². The third-order valence-electron chi connectivity index (χ3n) is 7.04. The number of pyridine rings is 1. The average Bonchev–Trinajstić information content (AvgIpc) is 3.14. The Morgan fingerprint density at radius 1 is 1.23 bits per heavy atom. The van der Waals surface area contributed by atoms with Crippen molar-refractivity contribution in [1.29, 1.82) is 0 Å². The first-order valence-electron chi connectivity index (χ1n) is 10.7. The average molecular weight is 409 g/mol. The molecule has 0 saturated carbocycles. The van der Waals surface area contributed by atoms with Crippen molar-refractivity contribution in [2.24, 2.45) is 11.8 Å². The Morgan fingerprint density at radius 2 is 2.03 bits per heavy atom. The fourth-order valence-corrected chi connectivity index (χ4v) is 5.51. The van der Waals surface area contributed by atoms with Crippen molar-refractivity contribution in [2.75, 3.05) is 0 Å². The summed E-state index contributed by atoms with van der Waals surface area (Å²) in [6, 6.07) is 12.4. The molecule has 2 aromatic heterocycles.